The minimum atomic E-state index is 0.910. The van der Waals surface area contributed by atoms with Gasteiger partial charge in [-0.2, -0.15) is 0 Å². The Hall–Kier alpha value is -6.60. The van der Waals surface area contributed by atoms with E-state index < -0.39 is 0 Å². The fraction of sp³-hybridized carbons (Fsp3) is 0.0909. The molecule has 8 heterocycles. The third kappa shape index (κ3) is 5.40. The average molecular weight is 664 g/mol. The van der Waals surface area contributed by atoms with Crippen molar-refractivity contribution in [2.24, 2.45) is 28.2 Å². The van der Waals surface area contributed by atoms with Gasteiger partial charge >= 0.3 is 0 Å². The van der Waals surface area contributed by atoms with Crippen LogP contribution in [0.2, 0.25) is 0 Å². The van der Waals surface area contributed by atoms with Gasteiger partial charge in [-0.1, -0.05) is 12.1 Å². The number of aromatic nitrogens is 7. The lowest BCUT2D eigenvalue weighted by Crippen LogP contribution is -2.25. The minimum Gasteiger partial charge on any atom is -0.354 e. The number of H-pyrrole nitrogens is 1. The second-order valence-corrected chi connectivity index (χ2v) is 13.4. The van der Waals surface area contributed by atoms with Crippen LogP contribution in [0.25, 0.3) is 79.8 Å². The van der Waals surface area contributed by atoms with Crippen LogP contribution in [0.4, 0.5) is 0 Å². The van der Waals surface area contributed by atoms with E-state index in [0.29, 0.717) is 0 Å². The highest BCUT2D eigenvalue weighted by atomic mass is 14.9. The van der Waals surface area contributed by atoms with Crippen LogP contribution >= 0.6 is 0 Å². The number of nitrogens with zero attached hydrogens (tertiary/aromatic N) is 6. The summed E-state index contributed by atoms with van der Waals surface area (Å²) in [4.78, 5) is 14.7. The van der Waals surface area contributed by atoms with Crippen molar-refractivity contribution in [3.05, 3.63) is 156 Å². The molecular weight excluding hydrogens is 627 g/mol. The number of aryl methyl sites for hydroxylation is 4. The predicted octanol–water partition coefficient (Wildman–Crippen LogP) is 6.30. The van der Waals surface area contributed by atoms with Crippen LogP contribution < -0.4 is 18.3 Å². The van der Waals surface area contributed by atoms with Crippen LogP contribution in [0.15, 0.2) is 122 Å². The van der Waals surface area contributed by atoms with E-state index in [-0.39, 0.29) is 0 Å². The quantitative estimate of drug-likeness (QED) is 0.225. The van der Waals surface area contributed by atoms with Gasteiger partial charge in [0.05, 0.1) is 22.8 Å². The first-order valence-electron chi connectivity index (χ1n) is 17.1. The highest BCUT2D eigenvalue weighted by molar-refractivity contribution is 5.96. The molecular formula is C44H37N7+4. The summed E-state index contributed by atoms with van der Waals surface area (Å²) in [5, 5.41) is 2.29. The van der Waals surface area contributed by atoms with Crippen LogP contribution in [0.1, 0.15) is 22.8 Å². The lowest BCUT2D eigenvalue weighted by Gasteiger charge is -2.10. The van der Waals surface area contributed by atoms with Crippen molar-refractivity contribution >= 4 is 35.3 Å². The third-order valence-corrected chi connectivity index (χ3v) is 9.84. The molecule has 7 heteroatoms. The molecule has 6 bridgehead atoms. The highest BCUT2D eigenvalue weighted by Crippen LogP contribution is 2.37. The topological polar surface area (TPSA) is 57.1 Å². The maximum absolute atomic E-state index is 5.43. The van der Waals surface area contributed by atoms with E-state index in [1.807, 2.05) is 28.2 Å². The molecule has 0 unspecified atom stereocenters. The van der Waals surface area contributed by atoms with Crippen molar-refractivity contribution in [2.75, 3.05) is 0 Å². The van der Waals surface area contributed by atoms with Gasteiger partial charge in [0.25, 0.3) is 0 Å². The van der Waals surface area contributed by atoms with Crippen molar-refractivity contribution in [2.45, 2.75) is 0 Å². The molecule has 0 aromatic carbocycles. The Bertz CT molecular complexity index is 2550. The maximum atomic E-state index is 5.43. The Labute approximate surface area is 296 Å². The fourth-order valence-electron chi connectivity index (χ4n) is 7.09. The minimum absolute atomic E-state index is 0.910. The van der Waals surface area contributed by atoms with E-state index in [0.717, 1.165) is 88.8 Å². The molecule has 9 rings (SSSR count). The number of aromatic amines is 1. The predicted molar refractivity (Wildman–Crippen MR) is 200 cm³/mol. The zero-order valence-electron chi connectivity index (χ0n) is 29.0. The molecule has 51 heavy (non-hydrogen) atoms. The van der Waals surface area contributed by atoms with Gasteiger partial charge in [0.2, 0.25) is 0 Å². The first-order valence-corrected chi connectivity index (χ1v) is 17.1. The zero-order chi connectivity index (χ0) is 34.6. The van der Waals surface area contributed by atoms with Crippen molar-refractivity contribution in [3.63, 3.8) is 0 Å². The van der Waals surface area contributed by atoms with Crippen molar-refractivity contribution in [1.82, 2.24) is 15.0 Å². The number of fused-ring (bicyclic) bond motifs is 6. The summed E-state index contributed by atoms with van der Waals surface area (Å²) in [6.07, 6.45) is 25.4. The Kier molecular flexibility index (Phi) is 7.21. The molecule has 7 nitrogen and oxygen atoms in total. The van der Waals surface area contributed by atoms with Gasteiger partial charge in [-0.15, -0.1) is 0 Å². The molecule has 3 aliphatic heterocycles. The molecule has 244 valence electrons. The first-order chi connectivity index (χ1) is 24.9. The lowest BCUT2D eigenvalue weighted by atomic mass is 9.94. The standard InChI is InChI=1S/C44H36N7/c1-48-21-13-29(14-22-48)41-33-5-6-34(33)42(30-15-23-49(2)24-16-30)36-8-10-38(46-36)44(32-19-27-51(4)28-20-32)40-12-11-39(47-40)43(37-9-7-35(41)45-37)31-17-25-50(3)26-18-31/h5-28H,1-4H3/q+3/p+1. The second kappa shape index (κ2) is 12.1. The van der Waals surface area contributed by atoms with Crippen molar-refractivity contribution in [1.29, 1.82) is 0 Å². The number of nitrogens with one attached hydrogen (secondary N) is 1. The van der Waals surface area contributed by atoms with Gasteiger partial charge in [0, 0.05) is 81.8 Å². The van der Waals surface area contributed by atoms with Gasteiger partial charge in [0.1, 0.15) is 28.2 Å². The van der Waals surface area contributed by atoms with Gasteiger partial charge in [-0.3, -0.25) is 0 Å². The molecule has 0 saturated carbocycles. The maximum Gasteiger partial charge on any atom is 0.169 e. The van der Waals surface area contributed by atoms with E-state index in [4.69, 9.17) is 9.97 Å². The monoisotopic (exact) mass is 663 g/mol. The summed E-state index contributed by atoms with van der Waals surface area (Å²) in [5.74, 6) is 0. The number of hydrogen-bond donors (Lipinski definition) is 1. The van der Waals surface area contributed by atoms with E-state index in [1.54, 1.807) is 0 Å². The summed E-state index contributed by atoms with van der Waals surface area (Å²) in [6, 6.07) is 26.1. The average Bonchev–Trinajstić information content (AvgIpc) is 3.91. The molecule has 5 aromatic heterocycles. The number of pyridine rings is 4. The Morgan fingerprint density at radius 1 is 0.353 bits per heavy atom. The molecule has 0 amide bonds. The van der Waals surface area contributed by atoms with Crippen LogP contribution in [0.3, 0.4) is 0 Å². The summed E-state index contributed by atoms with van der Waals surface area (Å²) in [7, 11) is 8.17. The molecule has 1 N–H and O–H groups in total. The Morgan fingerprint density at radius 3 is 0.922 bits per heavy atom. The Balaban J connectivity index is 1.51. The van der Waals surface area contributed by atoms with E-state index in [1.165, 1.54) is 0 Å². The van der Waals surface area contributed by atoms with Crippen molar-refractivity contribution < 1.29 is 18.3 Å². The normalized spacial score (nSPS) is 12.2. The van der Waals surface area contributed by atoms with Gasteiger partial charge in [-0.25, -0.2) is 28.2 Å². The molecule has 0 fully saturated rings. The lowest BCUT2D eigenvalue weighted by molar-refractivity contribution is -0.671. The van der Waals surface area contributed by atoms with Crippen LogP contribution in [0.5, 0.6) is 0 Å². The van der Waals surface area contributed by atoms with Gasteiger partial charge < -0.3 is 4.98 Å². The Morgan fingerprint density at radius 2 is 0.627 bits per heavy atom. The summed E-state index contributed by atoms with van der Waals surface area (Å²) in [6.45, 7) is 0. The van der Waals surface area contributed by atoms with Gasteiger partial charge in [0.15, 0.2) is 49.6 Å². The van der Waals surface area contributed by atoms with E-state index >= 15 is 0 Å². The molecule has 0 spiro atoms. The number of rotatable bonds is 4. The largest absolute Gasteiger partial charge is 0.354 e. The van der Waals surface area contributed by atoms with Crippen LogP contribution in [-0.4, -0.2) is 15.0 Å². The SMILES string of the molecule is C[n+]1ccc(-c2c3nc(c(-c4cc[n+](C)cc4)c4ccc([nH]4)c(-c4cc[n+](C)cc4)c4nc(c(-c5cc[n+](C)cc5)c5ccc2=5)C=C4)C=C3)cc1. The smallest absolute Gasteiger partial charge is 0.169 e. The molecule has 1 aliphatic carbocycles. The van der Waals surface area contributed by atoms with E-state index in [9.17, 15) is 0 Å². The van der Waals surface area contributed by atoms with Crippen LogP contribution in [0, 0.1) is 10.4 Å². The molecule has 0 radical (unpaired) electrons. The van der Waals surface area contributed by atoms with E-state index in [2.05, 4.69) is 170 Å². The summed E-state index contributed by atoms with van der Waals surface area (Å²) in [5.41, 5.74) is 14.3. The summed E-state index contributed by atoms with van der Waals surface area (Å²) < 4.78 is 8.24. The highest BCUT2D eigenvalue weighted by Gasteiger charge is 2.20. The summed E-state index contributed by atoms with van der Waals surface area (Å²) >= 11 is 0. The zero-order valence-corrected chi connectivity index (χ0v) is 29.0. The van der Waals surface area contributed by atoms with Gasteiger partial charge in [-0.05, 0) is 69.1 Å². The molecule has 4 aliphatic rings. The van der Waals surface area contributed by atoms with Crippen molar-refractivity contribution in [3.8, 4) is 44.5 Å². The fourth-order valence-corrected chi connectivity index (χ4v) is 7.09. The second-order valence-electron chi connectivity index (χ2n) is 13.4. The van der Waals surface area contributed by atoms with Crippen LogP contribution in [-0.2, 0) is 28.2 Å². The molecule has 5 aromatic rings. The third-order valence-electron chi connectivity index (χ3n) is 9.84. The number of hydrogen-bond acceptors (Lipinski definition) is 2. The first kappa shape index (κ1) is 30.5. The molecule has 0 saturated heterocycles. The molecule has 0 atom stereocenters.